The van der Waals surface area contributed by atoms with Gasteiger partial charge in [-0.15, -0.1) is 0 Å². The Bertz CT molecular complexity index is 344. The van der Waals surface area contributed by atoms with Crippen LogP contribution in [-0.4, -0.2) is 12.6 Å². The molecule has 1 aliphatic carbocycles. The SMILES string of the molecule is NCC(CC1CCCCC1)Nc1ccc(Br)cc1. The normalized spacial score (nSPS) is 18.6. The van der Waals surface area contributed by atoms with Gasteiger partial charge < -0.3 is 11.1 Å². The summed E-state index contributed by atoms with van der Waals surface area (Å²) in [5, 5.41) is 3.56. The van der Waals surface area contributed by atoms with Crippen molar-refractivity contribution in [2.24, 2.45) is 11.7 Å². The van der Waals surface area contributed by atoms with Crippen LogP contribution in [0.25, 0.3) is 0 Å². The van der Waals surface area contributed by atoms with Gasteiger partial charge >= 0.3 is 0 Å². The minimum Gasteiger partial charge on any atom is -0.381 e. The zero-order valence-electron chi connectivity index (χ0n) is 10.9. The number of rotatable bonds is 5. The van der Waals surface area contributed by atoms with E-state index >= 15 is 0 Å². The monoisotopic (exact) mass is 310 g/mol. The first-order chi connectivity index (χ1) is 8.78. The molecule has 0 saturated heterocycles. The Morgan fingerprint density at radius 3 is 2.44 bits per heavy atom. The van der Waals surface area contributed by atoms with Crippen LogP contribution in [0.1, 0.15) is 38.5 Å². The first-order valence-corrected chi connectivity index (χ1v) is 7.79. The van der Waals surface area contributed by atoms with E-state index in [1.165, 1.54) is 44.2 Å². The van der Waals surface area contributed by atoms with Crippen LogP contribution in [0.4, 0.5) is 5.69 Å². The summed E-state index contributed by atoms with van der Waals surface area (Å²) in [5.41, 5.74) is 7.07. The highest BCUT2D eigenvalue weighted by molar-refractivity contribution is 9.10. The Hall–Kier alpha value is -0.540. The summed E-state index contributed by atoms with van der Waals surface area (Å²) >= 11 is 3.46. The molecule has 1 aromatic rings. The molecule has 1 aromatic carbocycles. The van der Waals surface area contributed by atoms with Gasteiger partial charge in [0.2, 0.25) is 0 Å². The lowest BCUT2D eigenvalue weighted by molar-refractivity contribution is 0.324. The average molecular weight is 311 g/mol. The molecule has 1 unspecified atom stereocenters. The molecule has 0 radical (unpaired) electrons. The van der Waals surface area contributed by atoms with Gasteiger partial charge in [0.15, 0.2) is 0 Å². The molecule has 1 saturated carbocycles. The number of hydrogen-bond acceptors (Lipinski definition) is 2. The van der Waals surface area contributed by atoms with E-state index in [4.69, 9.17) is 5.73 Å². The number of nitrogens with one attached hydrogen (secondary N) is 1. The molecule has 1 aliphatic rings. The molecular weight excluding hydrogens is 288 g/mol. The summed E-state index contributed by atoms with van der Waals surface area (Å²) in [6, 6.07) is 8.75. The van der Waals surface area contributed by atoms with Crippen molar-refractivity contribution in [2.45, 2.75) is 44.6 Å². The standard InChI is InChI=1S/C15H23BrN2/c16-13-6-8-14(9-7-13)18-15(11-17)10-12-4-2-1-3-5-12/h6-9,12,15,18H,1-5,10-11,17H2. The summed E-state index contributed by atoms with van der Waals surface area (Å²) < 4.78 is 1.12. The second-order valence-corrected chi connectivity index (χ2v) is 6.24. The van der Waals surface area contributed by atoms with Gasteiger partial charge in [-0.2, -0.15) is 0 Å². The maximum atomic E-state index is 5.90. The molecule has 0 aromatic heterocycles. The minimum absolute atomic E-state index is 0.411. The van der Waals surface area contributed by atoms with Crippen molar-refractivity contribution < 1.29 is 0 Å². The van der Waals surface area contributed by atoms with Gasteiger partial charge in [0.1, 0.15) is 0 Å². The van der Waals surface area contributed by atoms with Crippen molar-refractivity contribution >= 4 is 21.6 Å². The van der Waals surface area contributed by atoms with E-state index in [1.54, 1.807) is 0 Å². The molecule has 0 heterocycles. The molecule has 100 valence electrons. The topological polar surface area (TPSA) is 38.0 Å². The summed E-state index contributed by atoms with van der Waals surface area (Å²) in [4.78, 5) is 0. The Morgan fingerprint density at radius 2 is 1.83 bits per heavy atom. The van der Waals surface area contributed by atoms with Crippen molar-refractivity contribution in [3.63, 3.8) is 0 Å². The largest absolute Gasteiger partial charge is 0.381 e. The van der Waals surface area contributed by atoms with Gasteiger partial charge in [-0.1, -0.05) is 48.0 Å². The average Bonchev–Trinajstić information content (AvgIpc) is 2.41. The van der Waals surface area contributed by atoms with Crippen molar-refractivity contribution in [1.29, 1.82) is 0 Å². The molecule has 3 N–H and O–H groups in total. The second kappa shape index (κ2) is 7.15. The Balaban J connectivity index is 1.86. The van der Waals surface area contributed by atoms with E-state index in [2.05, 4.69) is 45.5 Å². The smallest absolute Gasteiger partial charge is 0.0386 e. The molecule has 3 heteroatoms. The highest BCUT2D eigenvalue weighted by Crippen LogP contribution is 2.28. The van der Waals surface area contributed by atoms with Gasteiger partial charge in [0.25, 0.3) is 0 Å². The molecule has 2 rings (SSSR count). The van der Waals surface area contributed by atoms with Gasteiger partial charge in [0, 0.05) is 22.7 Å². The van der Waals surface area contributed by atoms with E-state index < -0.39 is 0 Å². The summed E-state index contributed by atoms with van der Waals surface area (Å²) in [5.74, 6) is 0.871. The second-order valence-electron chi connectivity index (χ2n) is 5.32. The molecule has 0 amide bonds. The highest BCUT2D eigenvalue weighted by Gasteiger charge is 2.18. The van der Waals surface area contributed by atoms with Crippen LogP contribution < -0.4 is 11.1 Å². The maximum absolute atomic E-state index is 5.90. The molecular formula is C15H23BrN2. The van der Waals surface area contributed by atoms with Crippen LogP contribution in [0.15, 0.2) is 28.7 Å². The van der Waals surface area contributed by atoms with Crippen LogP contribution in [0, 0.1) is 5.92 Å². The van der Waals surface area contributed by atoms with E-state index in [0.717, 1.165) is 10.4 Å². The number of halogens is 1. The predicted molar refractivity (Wildman–Crippen MR) is 81.8 cm³/mol. The fourth-order valence-corrected chi connectivity index (χ4v) is 3.09. The molecule has 0 aliphatic heterocycles. The van der Waals surface area contributed by atoms with Crippen molar-refractivity contribution in [3.8, 4) is 0 Å². The number of benzene rings is 1. The third-order valence-corrected chi connectivity index (χ3v) is 4.37. The van der Waals surface area contributed by atoms with Crippen molar-refractivity contribution in [3.05, 3.63) is 28.7 Å². The Kier molecular flexibility index (Phi) is 5.51. The van der Waals surface area contributed by atoms with E-state index in [-0.39, 0.29) is 0 Å². The van der Waals surface area contributed by atoms with E-state index in [1.807, 2.05) is 0 Å². The van der Waals surface area contributed by atoms with Crippen LogP contribution in [-0.2, 0) is 0 Å². The first kappa shape index (κ1) is 13.9. The third kappa shape index (κ3) is 4.29. The molecule has 1 fully saturated rings. The molecule has 0 bridgehead atoms. The quantitative estimate of drug-likeness (QED) is 0.857. The van der Waals surface area contributed by atoms with Gasteiger partial charge in [-0.25, -0.2) is 0 Å². The maximum Gasteiger partial charge on any atom is 0.0386 e. The van der Waals surface area contributed by atoms with Crippen LogP contribution in [0.3, 0.4) is 0 Å². The van der Waals surface area contributed by atoms with Gasteiger partial charge in [-0.3, -0.25) is 0 Å². The minimum atomic E-state index is 0.411. The van der Waals surface area contributed by atoms with Crippen LogP contribution in [0.2, 0.25) is 0 Å². The number of nitrogens with two attached hydrogens (primary N) is 1. The number of hydrogen-bond donors (Lipinski definition) is 2. The predicted octanol–water partition coefficient (Wildman–Crippen LogP) is 4.16. The lowest BCUT2D eigenvalue weighted by atomic mass is 9.85. The Labute approximate surface area is 118 Å². The first-order valence-electron chi connectivity index (χ1n) is 7.00. The zero-order valence-corrected chi connectivity index (χ0v) is 12.5. The zero-order chi connectivity index (χ0) is 12.8. The molecule has 1 atom stereocenters. The van der Waals surface area contributed by atoms with Crippen molar-refractivity contribution in [2.75, 3.05) is 11.9 Å². The summed E-state index contributed by atoms with van der Waals surface area (Å²) in [6.07, 6.45) is 8.22. The molecule has 2 nitrogen and oxygen atoms in total. The lowest BCUT2D eigenvalue weighted by Crippen LogP contribution is -2.31. The molecule has 18 heavy (non-hydrogen) atoms. The summed E-state index contributed by atoms with van der Waals surface area (Å²) in [7, 11) is 0. The third-order valence-electron chi connectivity index (χ3n) is 3.84. The van der Waals surface area contributed by atoms with E-state index in [9.17, 15) is 0 Å². The highest BCUT2D eigenvalue weighted by atomic mass is 79.9. The van der Waals surface area contributed by atoms with Crippen molar-refractivity contribution in [1.82, 2.24) is 0 Å². The van der Waals surface area contributed by atoms with Gasteiger partial charge in [0.05, 0.1) is 0 Å². The fourth-order valence-electron chi connectivity index (χ4n) is 2.82. The Morgan fingerprint density at radius 1 is 1.17 bits per heavy atom. The molecule has 0 spiro atoms. The lowest BCUT2D eigenvalue weighted by Gasteiger charge is -2.27. The van der Waals surface area contributed by atoms with Crippen LogP contribution >= 0.6 is 15.9 Å². The number of anilines is 1. The summed E-state index contributed by atoms with van der Waals surface area (Å²) in [6.45, 7) is 0.715. The van der Waals surface area contributed by atoms with Crippen LogP contribution in [0.5, 0.6) is 0 Å². The van der Waals surface area contributed by atoms with E-state index in [0.29, 0.717) is 12.6 Å². The fraction of sp³-hybridized carbons (Fsp3) is 0.600. The van der Waals surface area contributed by atoms with Gasteiger partial charge in [-0.05, 0) is 36.6 Å².